The predicted molar refractivity (Wildman–Crippen MR) is 33.0 cm³/mol. The molecule has 1 fully saturated rings. The fourth-order valence-electron chi connectivity index (χ4n) is 0.950. The average molecular weight is 129 g/mol. The van der Waals surface area contributed by atoms with Crippen LogP contribution < -0.4 is 5.73 Å². The highest BCUT2D eigenvalue weighted by Gasteiger charge is 2.29. The molecule has 52 valence electrons. The molecule has 1 saturated heterocycles. The molecule has 1 aliphatic rings. The molecular formula is C6H11NO2. The number of hydrogen-bond donors (Lipinski definition) is 1. The van der Waals surface area contributed by atoms with Gasteiger partial charge in [0.15, 0.2) is 0 Å². The molecule has 1 rings (SSSR count). The quantitative estimate of drug-likeness (QED) is 0.520. The number of carbonyl (C=O) groups is 1. The van der Waals surface area contributed by atoms with Crippen LogP contribution in [0.2, 0.25) is 0 Å². The smallest absolute Gasteiger partial charge is 0.121 e. The second kappa shape index (κ2) is 2.45. The van der Waals surface area contributed by atoms with Crippen molar-refractivity contribution in [1.29, 1.82) is 0 Å². The van der Waals surface area contributed by atoms with Gasteiger partial charge in [0.1, 0.15) is 6.29 Å². The lowest BCUT2D eigenvalue weighted by Crippen LogP contribution is -2.40. The second-order valence-electron chi connectivity index (χ2n) is 2.54. The number of rotatable bonds is 2. The first-order valence-electron chi connectivity index (χ1n) is 3.07. The molecule has 0 saturated carbocycles. The van der Waals surface area contributed by atoms with Crippen LogP contribution in [0.15, 0.2) is 0 Å². The van der Waals surface area contributed by atoms with Gasteiger partial charge in [-0.3, -0.25) is 0 Å². The van der Waals surface area contributed by atoms with Crippen molar-refractivity contribution in [3.8, 4) is 0 Å². The van der Waals surface area contributed by atoms with Gasteiger partial charge in [-0.05, 0) is 6.42 Å². The molecule has 2 N–H and O–H groups in total. The van der Waals surface area contributed by atoms with Crippen LogP contribution in [0.5, 0.6) is 0 Å². The Bertz CT molecular complexity index is 108. The van der Waals surface area contributed by atoms with Crippen molar-refractivity contribution in [3.05, 3.63) is 0 Å². The average Bonchev–Trinajstić information content (AvgIpc) is 2.16. The Balaban J connectivity index is 2.40. The zero-order chi connectivity index (χ0) is 6.74. The molecule has 0 aromatic heterocycles. The van der Waals surface area contributed by atoms with Gasteiger partial charge in [0.25, 0.3) is 0 Å². The summed E-state index contributed by atoms with van der Waals surface area (Å²) >= 11 is 0. The molecule has 9 heavy (non-hydrogen) atoms. The summed E-state index contributed by atoms with van der Waals surface area (Å²) in [6.07, 6.45) is 2.09. The molecule has 0 spiro atoms. The Morgan fingerprint density at radius 3 is 3.00 bits per heavy atom. The van der Waals surface area contributed by atoms with Crippen molar-refractivity contribution in [2.45, 2.75) is 18.4 Å². The Morgan fingerprint density at radius 2 is 2.56 bits per heavy atom. The van der Waals surface area contributed by atoms with E-state index in [0.717, 1.165) is 12.7 Å². The summed E-state index contributed by atoms with van der Waals surface area (Å²) in [5, 5.41) is 0. The molecule has 0 amide bonds. The van der Waals surface area contributed by atoms with Crippen LogP contribution in [-0.2, 0) is 9.53 Å². The number of hydrogen-bond acceptors (Lipinski definition) is 3. The Hall–Kier alpha value is -0.410. The highest BCUT2D eigenvalue weighted by Crippen LogP contribution is 2.17. The van der Waals surface area contributed by atoms with Gasteiger partial charge in [0.05, 0.1) is 6.61 Å². The van der Waals surface area contributed by atoms with Crippen molar-refractivity contribution < 1.29 is 9.53 Å². The third-order valence-electron chi connectivity index (χ3n) is 1.62. The zero-order valence-electron chi connectivity index (χ0n) is 5.30. The lowest BCUT2D eigenvalue weighted by molar-refractivity contribution is -0.108. The Morgan fingerprint density at radius 1 is 1.78 bits per heavy atom. The van der Waals surface area contributed by atoms with Gasteiger partial charge >= 0.3 is 0 Å². The first-order valence-corrected chi connectivity index (χ1v) is 3.07. The van der Waals surface area contributed by atoms with Gasteiger partial charge in [0, 0.05) is 18.6 Å². The molecule has 0 bridgehead atoms. The van der Waals surface area contributed by atoms with E-state index >= 15 is 0 Å². The molecular weight excluding hydrogens is 118 g/mol. The number of aldehydes is 1. The molecule has 0 aromatic carbocycles. The summed E-state index contributed by atoms with van der Waals surface area (Å²) in [4.78, 5) is 10.0. The van der Waals surface area contributed by atoms with Crippen molar-refractivity contribution in [3.63, 3.8) is 0 Å². The minimum absolute atomic E-state index is 0.345. The monoisotopic (exact) mass is 129 g/mol. The van der Waals surface area contributed by atoms with E-state index in [1.165, 1.54) is 0 Å². The van der Waals surface area contributed by atoms with Crippen LogP contribution in [0.3, 0.4) is 0 Å². The van der Waals surface area contributed by atoms with Gasteiger partial charge in [-0.25, -0.2) is 0 Å². The van der Waals surface area contributed by atoms with E-state index in [1.54, 1.807) is 0 Å². The molecule has 1 aliphatic heterocycles. The van der Waals surface area contributed by atoms with Crippen LogP contribution in [0, 0.1) is 0 Å². The highest BCUT2D eigenvalue weighted by molar-refractivity contribution is 5.51. The Kier molecular flexibility index (Phi) is 1.83. The minimum atomic E-state index is -0.345. The molecule has 1 unspecified atom stereocenters. The van der Waals surface area contributed by atoms with Crippen LogP contribution in [0.1, 0.15) is 12.8 Å². The van der Waals surface area contributed by atoms with Crippen molar-refractivity contribution in [2.75, 3.05) is 13.2 Å². The predicted octanol–water partition coefficient (Wildman–Crippen LogP) is -0.307. The first-order chi connectivity index (χ1) is 4.27. The van der Waals surface area contributed by atoms with Crippen LogP contribution in [0.25, 0.3) is 0 Å². The normalized spacial score (nSPS) is 34.8. The molecule has 0 aromatic rings. The zero-order valence-corrected chi connectivity index (χ0v) is 5.30. The van der Waals surface area contributed by atoms with E-state index in [2.05, 4.69) is 0 Å². The van der Waals surface area contributed by atoms with Crippen LogP contribution in [0.4, 0.5) is 0 Å². The van der Waals surface area contributed by atoms with E-state index in [-0.39, 0.29) is 5.54 Å². The molecule has 1 heterocycles. The lowest BCUT2D eigenvalue weighted by atomic mass is 9.97. The third kappa shape index (κ3) is 1.50. The van der Waals surface area contributed by atoms with Crippen molar-refractivity contribution >= 4 is 6.29 Å². The lowest BCUT2D eigenvalue weighted by Gasteiger charge is -2.16. The topological polar surface area (TPSA) is 52.3 Å². The molecule has 3 nitrogen and oxygen atoms in total. The Labute approximate surface area is 54.2 Å². The van der Waals surface area contributed by atoms with E-state index in [9.17, 15) is 4.79 Å². The maximum atomic E-state index is 10.0. The molecule has 0 radical (unpaired) electrons. The summed E-state index contributed by atoms with van der Waals surface area (Å²) in [6.45, 7) is 1.23. The van der Waals surface area contributed by atoms with E-state index < -0.39 is 0 Å². The van der Waals surface area contributed by atoms with Gasteiger partial charge in [-0.1, -0.05) is 0 Å². The van der Waals surface area contributed by atoms with Crippen LogP contribution >= 0.6 is 0 Å². The van der Waals surface area contributed by atoms with Gasteiger partial charge < -0.3 is 15.3 Å². The number of nitrogens with two attached hydrogens (primary N) is 1. The highest BCUT2D eigenvalue weighted by atomic mass is 16.5. The standard InChI is InChI=1S/C6H11NO2/c7-6(1-3-8)2-4-9-5-6/h3H,1-2,4-5,7H2. The van der Waals surface area contributed by atoms with Gasteiger partial charge in [-0.2, -0.15) is 0 Å². The van der Waals surface area contributed by atoms with E-state index in [4.69, 9.17) is 10.5 Å². The summed E-state index contributed by atoms with van der Waals surface area (Å²) in [5.41, 5.74) is 5.37. The first kappa shape index (κ1) is 6.71. The van der Waals surface area contributed by atoms with Gasteiger partial charge in [0.2, 0.25) is 0 Å². The SMILES string of the molecule is NC1(CC=O)CCOC1. The van der Waals surface area contributed by atoms with Gasteiger partial charge in [-0.15, -0.1) is 0 Å². The molecule has 1 atom stereocenters. The summed E-state index contributed by atoms with van der Waals surface area (Å²) in [5.74, 6) is 0. The fraction of sp³-hybridized carbons (Fsp3) is 0.833. The summed E-state index contributed by atoms with van der Waals surface area (Å²) in [7, 11) is 0. The largest absolute Gasteiger partial charge is 0.379 e. The number of carbonyl (C=O) groups excluding carboxylic acids is 1. The van der Waals surface area contributed by atoms with E-state index in [0.29, 0.717) is 19.6 Å². The minimum Gasteiger partial charge on any atom is -0.379 e. The second-order valence-corrected chi connectivity index (χ2v) is 2.54. The molecule has 3 heteroatoms. The maximum absolute atomic E-state index is 10.0. The third-order valence-corrected chi connectivity index (χ3v) is 1.62. The molecule has 0 aliphatic carbocycles. The van der Waals surface area contributed by atoms with Crippen molar-refractivity contribution in [1.82, 2.24) is 0 Å². The number of ether oxygens (including phenoxy) is 1. The van der Waals surface area contributed by atoms with Crippen LogP contribution in [-0.4, -0.2) is 25.0 Å². The van der Waals surface area contributed by atoms with E-state index in [1.807, 2.05) is 0 Å². The summed E-state index contributed by atoms with van der Waals surface area (Å²) < 4.78 is 5.03. The maximum Gasteiger partial charge on any atom is 0.121 e. The summed E-state index contributed by atoms with van der Waals surface area (Å²) in [6, 6.07) is 0. The fourth-order valence-corrected chi connectivity index (χ4v) is 0.950. The van der Waals surface area contributed by atoms with Crippen molar-refractivity contribution in [2.24, 2.45) is 5.73 Å².